The van der Waals surface area contributed by atoms with E-state index < -0.39 is 11.7 Å². The van der Waals surface area contributed by atoms with Crippen LogP contribution >= 0.6 is 0 Å². The van der Waals surface area contributed by atoms with Crippen molar-refractivity contribution in [2.75, 3.05) is 53.4 Å². The molecule has 2 amide bonds. The number of carbonyl (C=O) groups excluding carboxylic acids is 2. The van der Waals surface area contributed by atoms with Gasteiger partial charge in [0.2, 0.25) is 5.91 Å². The zero-order valence-electron chi connectivity index (χ0n) is 20.3. The van der Waals surface area contributed by atoms with Crippen molar-refractivity contribution < 1.29 is 19.1 Å². The van der Waals surface area contributed by atoms with Crippen LogP contribution in [0.1, 0.15) is 59.8 Å². The van der Waals surface area contributed by atoms with Crippen molar-refractivity contribution in [3.05, 3.63) is 0 Å². The summed E-state index contributed by atoms with van der Waals surface area (Å²) in [6.07, 6.45) is 4.56. The third-order valence-electron chi connectivity index (χ3n) is 4.76. The number of alkyl carbamates (subject to hydrolysis) is 1. The van der Waals surface area contributed by atoms with Gasteiger partial charge in [-0.2, -0.15) is 0 Å². The number of guanidine groups is 1. The number of amides is 2. The van der Waals surface area contributed by atoms with Crippen molar-refractivity contribution in [3.8, 4) is 0 Å². The first-order chi connectivity index (χ1) is 14.6. The van der Waals surface area contributed by atoms with Crippen LogP contribution in [0.4, 0.5) is 4.79 Å². The topological polar surface area (TPSA) is 95.5 Å². The number of nitrogens with one attached hydrogen (secondary N) is 2. The lowest BCUT2D eigenvalue weighted by Crippen LogP contribution is -2.47. The Morgan fingerprint density at radius 3 is 2.32 bits per heavy atom. The predicted octanol–water partition coefficient (Wildman–Crippen LogP) is 2.22. The van der Waals surface area contributed by atoms with E-state index in [1.54, 1.807) is 19.0 Å². The summed E-state index contributed by atoms with van der Waals surface area (Å²) in [7, 11) is 3.49. The molecule has 0 saturated carbocycles. The molecule has 0 radical (unpaired) electrons. The number of nitrogens with zero attached hydrogens (tertiary/aromatic N) is 3. The molecule has 9 nitrogen and oxygen atoms in total. The minimum absolute atomic E-state index is 0.00648. The maximum atomic E-state index is 11.9. The molecule has 0 aliphatic carbocycles. The third kappa shape index (κ3) is 12.4. The van der Waals surface area contributed by atoms with Gasteiger partial charge in [0, 0.05) is 46.9 Å². The quantitative estimate of drug-likeness (QED) is 0.307. The normalized spacial score (nSPS) is 15.5. The minimum atomic E-state index is -0.484. The summed E-state index contributed by atoms with van der Waals surface area (Å²) in [6, 6.07) is 0. The second kappa shape index (κ2) is 14.1. The zero-order valence-corrected chi connectivity index (χ0v) is 20.3. The summed E-state index contributed by atoms with van der Waals surface area (Å²) >= 11 is 0. The number of likely N-dealkylation sites (N-methyl/N-ethyl adjacent to an activating group) is 1. The molecule has 1 rings (SSSR count). The van der Waals surface area contributed by atoms with Crippen molar-refractivity contribution in [3.63, 3.8) is 0 Å². The molecule has 1 saturated heterocycles. The van der Waals surface area contributed by atoms with Crippen molar-refractivity contribution >= 4 is 18.0 Å². The molecule has 0 atom stereocenters. The summed E-state index contributed by atoms with van der Waals surface area (Å²) in [5.74, 6) is 0.802. The number of piperidine rings is 1. The van der Waals surface area contributed by atoms with Crippen LogP contribution in [0.2, 0.25) is 0 Å². The summed E-state index contributed by atoms with van der Waals surface area (Å²) in [4.78, 5) is 31.9. The Morgan fingerprint density at radius 2 is 1.74 bits per heavy atom. The van der Waals surface area contributed by atoms with Crippen molar-refractivity contribution in [2.24, 2.45) is 4.99 Å². The highest BCUT2D eigenvalue weighted by Gasteiger charge is 2.22. The van der Waals surface area contributed by atoms with Gasteiger partial charge in [-0.3, -0.25) is 4.79 Å². The second-order valence-electron chi connectivity index (χ2n) is 9.05. The monoisotopic (exact) mass is 441 g/mol. The second-order valence-corrected chi connectivity index (χ2v) is 9.05. The number of rotatable bonds is 10. The van der Waals surface area contributed by atoms with E-state index in [9.17, 15) is 9.59 Å². The average molecular weight is 442 g/mol. The van der Waals surface area contributed by atoms with E-state index in [2.05, 4.69) is 27.4 Å². The van der Waals surface area contributed by atoms with Crippen molar-refractivity contribution in [2.45, 2.75) is 71.5 Å². The van der Waals surface area contributed by atoms with E-state index in [-0.39, 0.29) is 18.6 Å². The predicted molar refractivity (Wildman–Crippen MR) is 123 cm³/mol. The summed E-state index contributed by atoms with van der Waals surface area (Å²) in [5.41, 5.74) is -0.484. The third-order valence-corrected chi connectivity index (χ3v) is 4.76. The largest absolute Gasteiger partial charge is 0.444 e. The molecule has 0 unspecified atom stereocenters. The maximum Gasteiger partial charge on any atom is 0.407 e. The fourth-order valence-corrected chi connectivity index (χ4v) is 2.99. The van der Waals surface area contributed by atoms with E-state index in [4.69, 9.17) is 9.47 Å². The number of ether oxygens (including phenoxy) is 2. The van der Waals surface area contributed by atoms with Crippen LogP contribution in [0.3, 0.4) is 0 Å². The summed E-state index contributed by atoms with van der Waals surface area (Å²) in [5, 5.41) is 6.15. The van der Waals surface area contributed by atoms with Gasteiger partial charge in [-0.15, -0.1) is 0 Å². The fourth-order valence-electron chi connectivity index (χ4n) is 2.99. The van der Waals surface area contributed by atoms with Crippen molar-refractivity contribution in [1.29, 1.82) is 0 Å². The van der Waals surface area contributed by atoms with Gasteiger partial charge < -0.3 is 29.9 Å². The molecule has 31 heavy (non-hydrogen) atoms. The Labute approximate surface area is 187 Å². The van der Waals surface area contributed by atoms with Gasteiger partial charge in [-0.1, -0.05) is 13.3 Å². The Morgan fingerprint density at radius 1 is 1.10 bits per heavy atom. The Kier molecular flexibility index (Phi) is 12.3. The highest BCUT2D eigenvalue weighted by molar-refractivity contribution is 5.84. The molecule has 1 aliphatic heterocycles. The highest BCUT2D eigenvalue weighted by Crippen LogP contribution is 2.14. The molecule has 0 aromatic heterocycles. The molecule has 0 spiro atoms. The fraction of sp³-hybridized carbons (Fsp3) is 0.864. The Bertz CT molecular complexity index is 567. The molecule has 9 heteroatoms. The number of carbonyl (C=O) groups is 2. The summed E-state index contributed by atoms with van der Waals surface area (Å²) < 4.78 is 11.2. The van der Waals surface area contributed by atoms with Gasteiger partial charge >= 0.3 is 6.09 Å². The molecule has 1 fully saturated rings. The van der Waals surface area contributed by atoms with Gasteiger partial charge in [0.05, 0.1) is 6.10 Å². The lowest BCUT2D eigenvalue weighted by atomic mass is 10.1. The molecule has 0 bridgehead atoms. The molecular formula is C22H43N5O4. The van der Waals surface area contributed by atoms with Crippen LogP contribution < -0.4 is 10.6 Å². The molecule has 2 N–H and O–H groups in total. The number of hydrogen-bond donors (Lipinski definition) is 2. The van der Waals surface area contributed by atoms with Crippen LogP contribution in [0.5, 0.6) is 0 Å². The molecule has 0 aromatic carbocycles. The first-order valence-electron chi connectivity index (χ1n) is 11.4. The highest BCUT2D eigenvalue weighted by atomic mass is 16.6. The zero-order chi connectivity index (χ0) is 23.3. The number of unbranched alkanes of at least 4 members (excludes halogenated alkanes) is 1. The number of aliphatic imine (C=N–C) groups is 1. The first-order valence-corrected chi connectivity index (χ1v) is 11.4. The van der Waals surface area contributed by atoms with Crippen LogP contribution in [-0.4, -0.2) is 92.9 Å². The van der Waals surface area contributed by atoms with Crippen LogP contribution in [0, 0.1) is 0 Å². The Hall–Kier alpha value is -2.03. The SMILES string of the molecule is CCCCNC(=NCC(=O)N(C)C)N1CCC(OCCCNC(=O)OC(C)(C)C)CC1. The maximum absolute atomic E-state index is 11.9. The molecule has 180 valence electrons. The molecular weight excluding hydrogens is 398 g/mol. The average Bonchev–Trinajstić information content (AvgIpc) is 2.69. The van der Waals surface area contributed by atoms with Gasteiger partial charge in [0.25, 0.3) is 0 Å². The van der Waals surface area contributed by atoms with E-state index in [1.165, 1.54) is 0 Å². The van der Waals surface area contributed by atoms with Gasteiger partial charge in [0.1, 0.15) is 12.1 Å². The standard InChI is InChI=1S/C22H43N5O4/c1-7-8-12-23-20(25-17-19(28)26(5)6)27-14-10-18(11-15-27)30-16-9-13-24-21(29)31-22(2,3)4/h18H,7-17H2,1-6H3,(H,23,25)(H,24,29). The van der Waals surface area contributed by atoms with Crippen LogP contribution in [0.15, 0.2) is 4.99 Å². The molecule has 0 aromatic rings. The van der Waals surface area contributed by atoms with E-state index in [0.29, 0.717) is 13.2 Å². The molecule has 1 aliphatic rings. The van der Waals surface area contributed by atoms with E-state index in [0.717, 1.165) is 57.7 Å². The van der Waals surface area contributed by atoms with Crippen molar-refractivity contribution in [1.82, 2.24) is 20.4 Å². The van der Waals surface area contributed by atoms with E-state index >= 15 is 0 Å². The van der Waals surface area contributed by atoms with Gasteiger partial charge in [0.15, 0.2) is 5.96 Å². The summed E-state index contributed by atoms with van der Waals surface area (Å²) in [6.45, 7) is 11.5. The Balaban J connectivity index is 2.34. The molecule has 1 heterocycles. The number of likely N-dealkylation sites (tertiary alicyclic amines) is 1. The lowest BCUT2D eigenvalue weighted by Gasteiger charge is -2.34. The lowest BCUT2D eigenvalue weighted by molar-refractivity contribution is -0.127. The van der Waals surface area contributed by atoms with Crippen LogP contribution in [-0.2, 0) is 14.3 Å². The minimum Gasteiger partial charge on any atom is -0.444 e. The number of hydrogen-bond acceptors (Lipinski definition) is 5. The first kappa shape index (κ1) is 27.0. The van der Waals surface area contributed by atoms with E-state index in [1.807, 2.05) is 20.8 Å². The van der Waals surface area contributed by atoms with Crippen LogP contribution in [0.25, 0.3) is 0 Å². The van der Waals surface area contributed by atoms with Gasteiger partial charge in [-0.05, 0) is 46.5 Å². The smallest absolute Gasteiger partial charge is 0.407 e. The van der Waals surface area contributed by atoms with Gasteiger partial charge in [-0.25, -0.2) is 9.79 Å².